The van der Waals surface area contributed by atoms with E-state index in [2.05, 4.69) is 43.5 Å². The van der Waals surface area contributed by atoms with Crippen LogP contribution in [-0.4, -0.2) is 73.4 Å². The van der Waals surface area contributed by atoms with E-state index in [1.54, 1.807) is 0 Å². The minimum Gasteiger partial charge on any atom is -0.391 e. The number of phosphoric acid groups is 1. The number of likely N-dealkylation sites (N-methyl/N-ethyl adjacent to an activating group) is 1. The van der Waals surface area contributed by atoms with Crippen LogP contribution in [0.1, 0.15) is 341 Å². The number of nitrogens with zero attached hydrogens (tertiary/aromatic N) is 1. The highest BCUT2D eigenvalue weighted by molar-refractivity contribution is 7.47. The predicted molar refractivity (Wildman–Crippen MR) is 328 cm³/mol. The largest absolute Gasteiger partial charge is 0.472 e. The van der Waals surface area contributed by atoms with Crippen molar-refractivity contribution in [2.75, 3.05) is 40.9 Å². The van der Waals surface area contributed by atoms with Gasteiger partial charge in [0.2, 0.25) is 5.91 Å². The molecule has 3 N–H and O–H groups in total. The van der Waals surface area contributed by atoms with E-state index in [0.29, 0.717) is 23.9 Å². The van der Waals surface area contributed by atoms with Crippen molar-refractivity contribution in [3.05, 3.63) is 24.3 Å². The van der Waals surface area contributed by atoms with Crippen LogP contribution in [0.2, 0.25) is 0 Å². The van der Waals surface area contributed by atoms with Crippen molar-refractivity contribution in [2.45, 2.75) is 353 Å². The van der Waals surface area contributed by atoms with Crippen molar-refractivity contribution in [1.82, 2.24) is 5.32 Å². The number of aliphatic hydroxyl groups is 1. The number of quaternary nitrogens is 1. The van der Waals surface area contributed by atoms with Crippen LogP contribution >= 0.6 is 7.82 Å². The SMILES string of the molecule is CCCCCCC/C=C\C/C=C\CCCCCCCCCCCCCCCCCCCCCCCCCCCC(=O)NC(COP(=O)(O)OCC[N+](C)(C)C)C(O)CCCCCCCCCCCCCCCCCC. The number of phosphoric ester groups is 1. The maximum absolute atomic E-state index is 13.0. The summed E-state index contributed by atoms with van der Waals surface area (Å²) in [4.78, 5) is 23.4. The van der Waals surface area contributed by atoms with Crippen LogP contribution in [0.3, 0.4) is 0 Å². The second-order valence-corrected chi connectivity index (χ2v) is 25.7. The number of allylic oxidation sites excluding steroid dienone is 4. The summed E-state index contributed by atoms with van der Waals surface area (Å²) in [5, 5.41) is 14.1. The Bertz CT molecular complexity index is 1270. The smallest absolute Gasteiger partial charge is 0.391 e. The third kappa shape index (κ3) is 60.5. The summed E-state index contributed by atoms with van der Waals surface area (Å²) in [7, 11) is 1.63. The Hall–Kier alpha value is -1.02. The van der Waals surface area contributed by atoms with Gasteiger partial charge in [-0.15, -0.1) is 0 Å². The molecular weight excluding hydrogens is 948 g/mol. The lowest BCUT2D eigenvalue weighted by Gasteiger charge is -2.26. The molecule has 3 atom stereocenters. The Kier molecular flexibility index (Phi) is 56.9. The number of unbranched alkanes of at least 4 members (excludes halogenated alkanes) is 45. The molecule has 0 aromatic heterocycles. The molecule has 0 heterocycles. The molecule has 1 amide bonds. The summed E-state index contributed by atoms with van der Waals surface area (Å²) in [6, 6.07) is -0.757. The first-order valence-electron chi connectivity index (χ1n) is 33.2. The van der Waals surface area contributed by atoms with Gasteiger partial charge in [-0.2, -0.15) is 0 Å². The zero-order valence-corrected chi connectivity index (χ0v) is 52.0. The molecule has 0 radical (unpaired) electrons. The molecule has 0 fully saturated rings. The van der Waals surface area contributed by atoms with Crippen LogP contribution in [0.4, 0.5) is 0 Å². The molecule has 8 nitrogen and oxygen atoms in total. The van der Waals surface area contributed by atoms with Gasteiger partial charge in [0.1, 0.15) is 13.2 Å². The Morgan fingerprint density at radius 3 is 1.09 bits per heavy atom. The molecule has 0 saturated carbocycles. The van der Waals surface area contributed by atoms with Crippen LogP contribution < -0.4 is 5.32 Å². The fourth-order valence-electron chi connectivity index (χ4n) is 10.3. The average molecular weight is 1080 g/mol. The van der Waals surface area contributed by atoms with Crippen molar-refractivity contribution >= 4 is 13.7 Å². The topological polar surface area (TPSA) is 105 Å². The van der Waals surface area contributed by atoms with Gasteiger partial charge in [-0.05, 0) is 44.9 Å². The number of carbonyl (C=O) groups excluding carboxylic acids is 1. The first-order chi connectivity index (χ1) is 36.5. The Balaban J connectivity index is 3.89. The fraction of sp³-hybridized carbons (Fsp3) is 0.924. The normalized spacial score (nSPS) is 13.9. The van der Waals surface area contributed by atoms with Crippen LogP contribution in [0.5, 0.6) is 0 Å². The van der Waals surface area contributed by atoms with Gasteiger partial charge in [-0.3, -0.25) is 13.8 Å². The fourth-order valence-corrected chi connectivity index (χ4v) is 11.0. The van der Waals surface area contributed by atoms with Gasteiger partial charge in [-0.1, -0.05) is 314 Å². The molecule has 0 saturated heterocycles. The zero-order valence-electron chi connectivity index (χ0n) is 51.1. The van der Waals surface area contributed by atoms with Crippen molar-refractivity contribution in [2.24, 2.45) is 0 Å². The van der Waals surface area contributed by atoms with Gasteiger partial charge in [0, 0.05) is 6.42 Å². The van der Waals surface area contributed by atoms with E-state index in [0.717, 1.165) is 44.9 Å². The molecule has 0 rings (SSSR count). The summed E-state index contributed by atoms with van der Waals surface area (Å²) in [6.45, 7) is 4.93. The molecule has 0 aromatic carbocycles. The van der Waals surface area contributed by atoms with Crippen molar-refractivity contribution in [3.63, 3.8) is 0 Å². The van der Waals surface area contributed by atoms with Crippen LogP contribution in [-0.2, 0) is 18.4 Å². The van der Waals surface area contributed by atoms with E-state index in [-0.39, 0.29) is 19.1 Å². The second-order valence-electron chi connectivity index (χ2n) is 24.2. The number of hydrogen-bond donors (Lipinski definition) is 3. The molecule has 446 valence electrons. The highest BCUT2D eigenvalue weighted by Gasteiger charge is 2.28. The van der Waals surface area contributed by atoms with E-state index < -0.39 is 20.0 Å². The predicted octanol–water partition coefficient (Wildman–Crippen LogP) is 20.7. The molecular formula is C66H132N2O6P+. The first-order valence-corrected chi connectivity index (χ1v) is 34.7. The monoisotopic (exact) mass is 1080 g/mol. The van der Waals surface area contributed by atoms with E-state index in [1.807, 2.05) is 21.1 Å². The van der Waals surface area contributed by atoms with E-state index in [4.69, 9.17) is 9.05 Å². The summed E-state index contributed by atoms with van der Waals surface area (Å²) < 4.78 is 23.8. The lowest BCUT2D eigenvalue weighted by atomic mass is 10.0. The Morgan fingerprint density at radius 2 is 0.760 bits per heavy atom. The van der Waals surface area contributed by atoms with Crippen LogP contribution in [0.15, 0.2) is 24.3 Å². The summed E-state index contributed by atoms with van der Waals surface area (Å²) in [5.41, 5.74) is 0. The standard InChI is InChI=1S/C66H131N2O6P/c1-6-8-10-12-14-16-18-20-22-24-25-26-27-28-29-30-31-32-33-34-35-36-37-38-39-40-41-42-43-44-46-48-50-52-54-56-58-60-66(70)67-64(63-74-75(71,72)73-62-61-68(3,4)5)65(69)59-57-55-53-51-49-47-45-23-21-19-17-15-13-11-9-7-2/h18,20,24-25,64-65,69H,6-17,19,21-23,26-63H2,1-5H3,(H-,67,70,71,72)/p+1/b20-18-,25-24-. The van der Waals surface area contributed by atoms with E-state index in [9.17, 15) is 19.4 Å². The lowest BCUT2D eigenvalue weighted by Crippen LogP contribution is -2.46. The van der Waals surface area contributed by atoms with Gasteiger partial charge in [-0.25, -0.2) is 4.57 Å². The summed E-state index contributed by atoms with van der Waals surface area (Å²) in [6.07, 6.45) is 74.2. The third-order valence-corrected chi connectivity index (χ3v) is 16.4. The average Bonchev–Trinajstić information content (AvgIpc) is 3.37. The Morgan fingerprint density at radius 1 is 0.453 bits per heavy atom. The van der Waals surface area contributed by atoms with Gasteiger partial charge in [0.05, 0.1) is 39.9 Å². The lowest BCUT2D eigenvalue weighted by molar-refractivity contribution is -0.870. The van der Waals surface area contributed by atoms with Gasteiger partial charge >= 0.3 is 7.82 Å². The molecule has 75 heavy (non-hydrogen) atoms. The van der Waals surface area contributed by atoms with Crippen molar-refractivity contribution in [3.8, 4) is 0 Å². The van der Waals surface area contributed by atoms with E-state index in [1.165, 1.54) is 270 Å². The number of rotatable bonds is 62. The number of amides is 1. The highest BCUT2D eigenvalue weighted by atomic mass is 31.2. The molecule has 0 aromatic rings. The van der Waals surface area contributed by atoms with Crippen LogP contribution in [0.25, 0.3) is 0 Å². The molecule has 0 aliphatic heterocycles. The summed E-state index contributed by atoms with van der Waals surface area (Å²) >= 11 is 0. The minimum atomic E-state index is -4.32. The number of aliphatic hydroxyl groups excluding tert-OH is 1. The van der Waals surface area contributed by atoms with Crippen LogP contribution in [0, 0.1) is 0 Å². The molecule has 0 aliphatic rings. The van der Waals surface area contributed by atoms with Gasteiger partial charge < -0.3 is 19.8 Å². The quantitative estimate of drug-likeness (QED) is 0.0243. The van der Waals surface area contributed by atoms with Crippen molar-refractivity contribution < 1.29 is 32.9 Å². The van der Waals surface area contributed by atoms with Gasteiger partial charge in [0.25, 0.3) is 0 Å². The number of nitrogens with one attached hydrogen (secondary N) is 1. The third-order valence-electron chi connectivity index (χ3n) is 15.5. The number of hydrogen-bond acceptors (Lipinski definition) is 5. The maximum atomic E-state index is 13.0. The number of carbonyl (C=O) groups is 1. The minimum absolute atomic E-state index is 0.0778. The first kappa shape index (κ1) is 74.0. The summed E-state index contributed by atoms with van der Waals surface area (Å²) in [5.74, 6) is -0.137. The highest BCUT2D eigenvalue weighted by Crippen LogP contribution is 2.43. The Labute approximate surface area is 468 Å². The second kappa shape index (κ2) is 57.7. The van der Waals surface area contributed by atoms with Crippen molar-refractivity contribution in [1.29, 1.82) is 0 Å². The van der Waals surface area contributed by atoms with Gasteiger partial charge in [0.15, 0.2) is 0 Å². The maximum Gasteiger partial charge on any atom is 0.472 e. The molecule has 0 aliphatic carbocycles. The zero-order chi connectivity index (χ0) is 54.9. The van der Waals surface area contributed by atoms with E-state index >= 15 is 0 Å². The molecule has 9 heteroatoms. The molecule has 0 bridgehead atoms. The molecule has 3 unspecified atom stereocenters. The molecule has 0 spiro atoms.